The van der Waals surface area contributed by atoms with Gasteiger partial charge in [0, 0.05) is 17.7 Å². The van der Waals surface area contributed by atoms with Crippen molar-refractivity contribution < 1.29 is 9.90 Å². The van der Waals surface area contributed by atoms with Crippen molar-refractivity contribution in [2.75, 3.05) is 12.3 Å². The topological polar surface area (TPSA) is 102 Å². The summed E-state index contributed by atoms with van der Waals surface area (Å²) in [5.74, 6) is -1.00. The number of hydrogen-bond acceptors (Lipinski definition) is 4. The largest absolute Gasteiger partial charge is 0.481 e. The first-order valence-electron chi connectivity index (χ1n) is 4.37. The molecule has 0 saturated heterocycles. The van der Waals surface area contributed by atoms with Crippen molar-refractivity contribution >= 4 is 23.4 Å². The summed E-state index contributed by atoms with van der Waals surface area (Å²) < 4.78 is 0. The number of nitrogens with zero attached hydrogens (tertiary/aromatic N) is 1. The Morgan fingerprint density at radius 3 is 2.87 bits per heavy atom. The van der Waals surface area contributed by atoms with Crippen LogP contribution >= 0.6 is 11.6 Å². The Kier molecular flexibility index (Phi) is 3.88. The number of hydrogen-bond donors (Lipinski definition) is 3. The van der Waals surface area contributed by atoms with Crippen LogP contribution in [0.4, 0.5) is 5.82 Å². The SMILES string of the molecule is NCC(CC(=O)O)c1cc(Cl)cnc1N. The average Bonchev–Trinajstić information content (AvgIpc) is 2.18. The molecule has 1 aromatic heterocycles. The second kappa shape index (κ2) is 4.95. The standard InChI is InChI=1S/C9H12ClN3O2/c10-6-2-7(9(12)13-4-6)5(3-11)1-8(14)15/h2,4-5H,1,3,11H2,(H2,12,13)(H,14,15). The molecule has 0 radical (unpaired) electrons. The first kappa shape index (κ1) is 11.7. The fourth-order valence-electron chi connectivity index (χ4n) is 1.32. The van der Waals surface area contributed by atoms with E-state index in [1.54, 1.807) is 6.07 Å². The van der Waals surface area contributed by atoms with Gasteiger partial charge in [-0.05, 0) is 12.6 Å². The van der Waals surface area contributed by atoms with Crippen LogP contribution in [0.3, 0.4) is 0 Å². The highest BCUT2D eigenvalue weighted by Gasteiger charge is 2.17. The highest BCUT2D eigenvalue weighted by molar-refractivity contribution is 6.30. The lowest BCUT2D eigenvalue weighted by Gasteiger charge is -2.14. The fourth-order valence-corrected chi connectivity index (χ4v) is 1.49. The Hall–Kier alpha value is -1.33. The maximum absolute atomic E-state index is 10.6. The van der Waals surface area contributed by atoms with Gasteiger partial charge in [-0.3, -0.25) is 4.79 Å². The maximum Gasteiger partial charge on any atom is 0.304 e. The predicted molar refractivity (Wildman–Crippen MR) is 57.7 cm³/mol. The summed E-state index contributed by atoms with van der Waals surface area (Å²) >= 11 is 5.75. The number of halogens is 1. The van der Waals surface area contributed by atoms with Crippen LogP contribution in [0.1, 0.15) is 17.9 Å². The second-order valence-electron chi connectivity index (χ2n) is 3.16. The molecule has 5 nitrogen and oxygen atoms in total. The molecule has 0 amide bonds. The maximum atomic E-state index is 10.6. The molecule has 0 aliphatic heterocycles. The highest BCUT2D eigenvalue weighted by Crippen LogP contribution is 2.25. The van der Waals surface area contributed by atoms with Crippen LogP contribution in [0.5, 0.6) is 0 Å². The summed E-state index contributed by atoms with van der Waals surface area (Å²) in [6.45, 7) is 0.193. The van der Waals surface area contributed by atoms with E-state index in [0.717, 1.165) is 0 Å². The van der Waals surface area contributed by atoms with E-state index in [1.165, 1.54) is 6.20 Å². The summed E-state index contributed by atoms with van der Waals surface area (Å²) in [6.07, 6.45) is 1.33. The van der Waals surface area contributed by atoms with Crippen molar-refractivity contribution in [3.63, 3.8) is 0 Å². The zero-order valence-corrected chi connectivity index (χ0v) is 8.74. The number of carboxylic acid groups (broad SMARTS) is 1. The summed E-state index contributed by atoms with van der Waals surface area (Å²) in [5, 5.41) is 9.11. The lowest BCUT2D eigenvalue weighted by Crippen LogP contribution is -2.18. The summed E-state index contributed by atoms with van der Waals surface area (Å²) in [6, 6.07) is 1.60. The lowest BCUT2D eigenvalue weighted by atomic mass is 9.96. The number of nitrogen functional groups attached to an aromatic ring is 1. The number of pyridine rings is 1. The van der Waals surface area contributed by atoms with Crippen molar-refractivity contribution in [3.05, 3.63) is 22.8 Å². The Morgan fingerprint density at radius 2 is 2.33 bits per heavy atom. The average molecular weight is 230 g/mol. The van der Waals surface area contributed by atoms with E-state index < -0.39 is 5.97 Å². The molecule has 82 valence electrons. The molecule has 1 rings (SSSR count). The van der Waals surface area contributed by atoms with Gasteiger partial charge >= 0.3 is 5.97 Å². The molecule has 0 aromatic carbocycles. The van der Waals surface area contributed by atoms with Crippen LogP contribution in [0.15, 0.2) is 12.3 Å². The Morgan fingerprint density at radius 1 is 1.67 bits per heavy atom. The molecule has 0 aliphatic carbocycles. The normalized spacial score (nSPS) is 12.4. The minimum absolute atomic E-state index is 0.0806. The van der Waals surface area contributed by atoms with Crippen molar-refractivity contribution in [2.24, 2.45) is 5.73 Å². The van der Waals surface area contributed by atoms with Gasteiger partial charge in [0.05, 0.1) is 11.4 Å². The van der Waals surface area contributed by atoms with Crippen LogP contribution in [-0.2, 0) is 4.79 Å². The first-order valence-corrected chi connectivity index (χ1v) is 4.75. The van der Waals surface area contributed by atoms with Gasteiger partial charge in [-0.25, -0.2) is 4.98 Å². The molecule has 5 N–H and O–H groups in total. The Bertz CT molecular complexity index is 370. The monoisotopic (exact) mass is 229 g/mol. The molecule has 0 aliphatic rings. The van der Waals surface area contributed by atoms with Crippen molar-refractivity contribution in [1.29, 1.82) is 0 Å². The molecule has 0 spiro atoms. The van der Waals surface area contributed by atoms with Gasteiger partial charge in [0.2, 0.25) is 0 Å². The van der Waals surface area contributed by atoms with E-state index in [2.05, 4.69) is 4.98 Å². The van der Waals surface area contributed by atoms with E-state index in [1.807, 2.05) is 0 Å². The fraction of sp³-hybridized carbons (Fsp3) is 0.333. The zero-order chi connectivity index (χ0) is 11.4. The first-order chi connectivity index (χ1) is 7.04. The Balaban J connectivity index is 3.00. The molecule has 0 bridgehead atoms. The van der Waals surface area contributed by atoms with E-state index in [4.69, 9.17) is 28.2 Å². The molecule has 1 heterocycles. The smallest absolute Gasteiger partial charge is 0.304 e. The van der Waals surface area contributed by atoms with Gasteiger partial charge < -0.3 is 16.6 Å². The number of aliphatic carboxylic acids is 1. The summed E-state index contributed by atoms with van der Waals surface area (Å²) in [5.41, 5.74) is 11.7. The number of nitrogens with two attached hydrogens (primary N) is 2. The second-order valence-corrected chi connectivity index (χ2v) is 3.59. The molecule has 0 fully saturated rings. The number of rotatable bonds is 4. The Labute approximate surface area is 92.0 Å². The van der Waals surface area contributed by atoms with E-state index in [0.29, 0.717) is 10.6 Å². The van der Waals surface area contributed by atoms with Gasteiger partial charge in [-0.2, -0.15) is 0 Å². The third-order valence-electron chi connectivity index (χ3n) is 2.06. The van der Waals surface area contributed by atoms with Crippen LogP contribution in [-0.4, -0.2) is 22.6 Å². The number of anilines is 1. The highest BCUT2D eigenvalue weighted by atomic mass is 35.5. The summed E-state index contributed by atoms with van der Waals surface area (Å²) in [4.78, 5) is 14.4. The number of carboxylic acids is 1. The third kappa shape index (κ3) is 3.07. The molecule has 0 saturated carbocycles. The van der Waals surface area contributed by atoms with Gasteiger partial charge in [-0.15, -0.1) is 0 Å². The zero-order valence-electron chi connectivity index (χ0n) is 7.98. The third-order valence-corrected chi connectivity index (χ3v) is 2.27. The van der Waals surface area contributed by atoms with E-state index in [9.17, 15) is 4.79 Å². The van der Waals surface area contributed by atoms with E-state index >= 15 is 0 Å². The van der Waals surface area contributed by atoms with Crippen LogP contribution in [0, 0.1) is 0 Å². The number of carbonyl (C=O) groups is 1. The van der Waals surface area contributed by atoms with E-state index in [-0.39, 0.29) is 24.7 Å². The molecule has 1 atom stereocenters. The van der Waals surface area contributed by atoms with Gasteiger partial charge in [-0.1, -0.05) is 11.6 Å². The quantitative estimate of drug-likeness (QED) is 0.710. The van der Waals surface area contributed by atoms with Crippen LogP contribution < -0.4 is 11.5 Å². The van der Waals surface area contributed by atoms with Gasteiger partial charge in [0.1, 0.15) is 5.82 Å². The summed E-state index contributed by atoms with van der Waals surface area (Å²) in [7, 11) is 0. The number of aromatic nitrogens is 1. The minimum Gasteiger partial charge on any atom is -0.481 e. The molecule has 6 heteroatoms. The lowest BCUT2D eigenvalue weighted by molar-refractivity contribution is -0.137. The van der Waals surface area contributed by atoms with Crippen molar-refractivity contribution in [3.8, 4) is 0 Å². The van der Waals surface area contributed by atoms with Crippen LogP contribution in [0.25, 0.3) is 0 Å². The van der Waals surface area contributed by atoms with Gasteiger partial charge in [0.25, 0.3) is 0 Å². The van der Waals surface area contributed by atoms with Crippen molar-refractivity contribution in [1.82, 2.24) is 4.98 Å². The van der Waals surface area contributed by atoms with Crippen LogP contribution in [0.2, 0.25) is 5.02 Å². The molecular weight excluding hydrogens is 218 g/mol. The predicted octanol–water partition coefficient (Wildman–Crippen LogP) is 0.834. The minimum atomic E-state index is -0.926. The molecule has 15 heavy (non-hydrogen) atoms. The van der Waals surface area contributed by atoms with Gasteiger partial charge in [0.15, 0.2) is 0 Å². The molecule has 1 aromatic rings. The van der Waals surface area contributed by atoms with Crippen molar-refractivity contribution in [2.45, 2.75) is 12.3 Å². The molecular formula is C9H12ClN3O2. The molecule has 1 unspecified atom stereocenters.